The number of hydrogen-bond donors (Lipinski definition) is 1. The Kier molecular flexibility index (Phi) is 7.63. The minimum Gasteiger partial charge on any atom is -0.444 e. The van der Waals surface area contributed by atoms with Crippen molar-refractivity contribution in [2.24, 2.45) is 15.9 Å². The van der Waals surface area contributed by atoms with Crippen LogP contribution in [0.4, 0.5) is 10.5 Å². The molecular weight excluding hydrogens is 538 g/mol. The highest BCUT2D eigenvalue weighted by Crippen LogP contribution is 2.40. The lowest BCUT2D eigenvalue weighted by Gasteiger charge is -2.47. The summed E-state index contributed by atoms with van der Waals surface area (Å²) in [7, 11) is -0.685. The van der Waals surface area contributed by atoms with Gasteiger partial charge in [-0.2, -0.15) is 5.26 Å². The van der Waals surface area contributed by atoms with E-state index in [1.807, 2.05) is 5.01 Å². The van der Waals surface area contributed by atoms with E-state index in [4.69, 9.17) is 9.47 Å². The van der Waals surface area contributed by atoms with Gasteiger partial charge in [-0.1, -0.05) is 0 Å². The summed E-state index contributed by atoms with van der Waals surface area (Å²) in [6, 6.07) is 8.34. The fraction of sp³-hybridized carbons (Fsp3) is 0.500. The molecule has 2 atom stereocenters. The van der Waals surface area contributed by atoms with Gasteiger partial charge in [0.2, 0.25) is 10.0 Å². The van der Waals surface area contributed by atoms with E-state index in [0.29, 0.717) is 62.8 Å². The smallest absolute Gasteiger partial charge is 0.410 e. The summed E-state index contributed by atoms with van der Waals surface area (Å²) in [6.07, 6.45) is 4.28. The molecule has 1 aromatic carbocycles. The number of sulfonamides is 1. The van der Waals surface area contributed by atoms with Crippen LogP contribution in [0.15, 0.2) is 50.9 Å². The number of nitrogens with one attached hydrogen (secondary N) is 1. The van der Waals surface area contributed by atoms with Gasteiger partial charge < -0.3 is 14.4 Å². The van der Waals surface area contributed by atoms with Crippen LogP contribution in [0.5, 0.6) is 0 Å². The van der Waals surface area contributed by atoms with Crippen molar-refractivity contribution in [2.45, 2.75) is 42.2 Å². The monoisotopic (exact) mass is 569 g/mol. The molecule has 0 radical (unpaired) electrons. The van der Waals surface area contributed by atoms with Gasteiger partial charge >= 0.3 is 6.09 Å². The minimum atomic E-state index is -3.60. The number of carbonyl (C=O) groups excluding carboxylic acids is 2. The molecule has 212 valence electrons. The summed E-state index contributed by atoms with van der Waals surface area (Å²) in [5, 5.41) is 11.6. The second kappa shape index (κ2) is 11.0. The van der Waals surface area contributed by atoms with Crippen LogP contribution >= 0.6 is 0 Å². The van der Waals surface area contributed by atoms with Crippen molar-refractivity contribution < 1.29 is 27.5 Å². The number of amides is 2. The number of rotatable bonds is 6. The maximum absolute atomic E-state index is 12.9. The molecule has 40 heavy (non-hydrogen) atoms. The van der Waals surface area contributed by atoms with Crippen molar-refractivity contribution in [1.82, 2.24) is 19.6 Å². The van der Waals surface area contributed by atoms with E-state index in [0.717, 1.165) is 4.31 Å². The van der Waals surface area contributed by atoms with Crippen LogP contribution in [0, 0.1) is 17.2 Å². The van der Waals surface area contributed by atoms with Crippen molar-refractivity contribution in [3.8, 4) is 6.07 Å². The second-order valence-corrected chi connectivity index (χ2v) is 12.4. The van der Waals surface area contributed by atoms with E-state index in [1.54, 1.807) is 23.1 Å². The molecule has 4 aliphatic heterocycles. The predicted molar refractivity (Wildman–Crippen MR) is 144 cm³/mol. The first-order chi connectivity index (χ1) is 19.1. The van der Waals surface area contributed by atoms with Gasteiger partial charge in [-0.05, 0) is 43.2 Å². The second-order valence-electron chi connectivity index (χ2n) is 10.3. The van der Waals surface area contributed by atoms with Gasteiger partial charge in [-0.15, -0.1) is 0 Å². The summed E-state index contributed by atoms with van der Waals surface area (Å²) in [5.41, 5.74) is 3.62. The lowest BCUT2D eigenvalue weighted by Crippen LogP contribution is -2.58. The van der Waals surface area contributed by atoms with Crippen LogP contribution in [-0.4, -0.2) is 98.7 Å². The molecule has 1 aromatic rings. The average Bonchev–Trinajstić information content (AvgIpc) is 3.58. The highest BCUT2D eigenvalue weighted by Gasteiger charge is 2.50. The van der Waals surface area contributed by atoms with Crippen molar-refractivity contribution >= 4 is 39.8 Å². The van der Waals surface area contributed by atoms with Crippen LogP contribution in [0.25, 0.3) is 0 Å². The Morgan fingerprint density at radius 2 is 2.02 bits per heavy atom. The molecule has 0 bridgehead atoms. The van der Waals surface area contributed by atoms with E-state index in [1.165, 1.54) is 32.4 Å². The molecule has 0 spiro atoms. The Morgan fingerprint density at radius 1 is 1.30 bits per heavy atom. The van der Waals surface area contributed by atoms with Gasteiger partial charge in [0.25, 0.3) is 5.91 Å². The Hall–Kier alpha value is -3.80. The molecule has 4 aliphatic rings. The minimum absolute atomic E-state index is 0.125. The van der Waals surface area contributed by atoms with Crippen LogP contribution in [0.2, 0.25) is 0 Å². The number of carbonyl (C=O) groups is 2. The van der Waals surface area contributed by atoms with E-state index in [-0.39, 0.29) is 17.4 Å². The first-order valence-electron chi connectivity index (χ1n) is 13.0. The van der Waals surface area contributed by atoms with Crippen molar-refractivity contribution in [2.75, 3.05) is 40.4 Å². The largest absolute Gasteiger partial charge is 0.444 e. The number of aliphatic imine (C=N–C) groups is 2. The van der Waals surface area contributed by atoms with Crippen LogP contribution < -0.4 is 5.43 Å². The van der Waals surface area contributed by atoms with Gasteiger partial charge in [-0.25, -0.2) is 27.5 Å². The summed E-state index contributed by atoms with van der Waals surface area (Å²) >= 11 is 0. The fourth-order valence-corrected chi connectivity index (χ4v) is 6.17. The molecule has 3 fully saturated rings. The van der Waals surface area contributed by atoms with Crippen LogP contribution in [-0.2, 0) is 24.3 Å². The molecule has 0 aromatic heterocycles. The molecule has 1 N–H and O–H groups in total. The third kappa shape index (κ3) is 5.19. The summed E-state index contributed by atoms with van der Waals surface area (Å²) in [4.78, 5) is 36.0. The van der Waals surface area contributed by atoms with Crippen molar-refractivity contribution in [1.29, 1.82) is 5.26 Å². The van der Waals surface area contributed by atoms with Gasteiger partial charge in [0, 0.05) is 39.8 Å². The quantitative estimate of drug-likeness (QED) is 0.537. The lowest BCUT2D eigenvalue weighted by atomic mass is 9.83. The van der Waals surface area contributed by atoms with Crippen molar-refractivity contribution in [3.63, 3.8) is 0 Å². The third-order valence-corrected chi connectivity index (χ3v) is 9.43. The zero-order valence-electron chi connectivity index (χ0n) is 22.3. The molecular formula is C26H31N7O6S. The van der Waals surface area contributed by atoms with Gasteiger partial charge in [0.15, 0.2) is 0 Å². The molecule has 5 rings (SSSR count). The average molecular weight is 570 g/mol. The number of amidine groups is 1. The lowest BCUT2D eigenvalue weighted by molar-refractivity contribution is -0.119. The Labute approximate surface area is 232 Å². The van der Waals surface area contributed by atoms with Crippen LogP contribution in [0.3, 0.4) is 0 Å². The van der Waals surface area contributed by atoms with Gasteiger partial charge in [0.1, 0.15) is 17.9 Å². The maximum Gasteiger partial charge on any atom is 0.410 e. The zero-order chi connectivity index (χ0) is 28.5. The third-order valence-electron chi connectivity index (χ3n) is 7.60. The fourth-order valence-electron chi connectivity index (χ4n) is 5.27. The zero-order valence-corrected chi connectivity index (χ0v) is 23.1. The highest BCUT2D eigenvalue weighted by atomic mass is 32.2. The maximum atomic E-state index is 12.9. The SMILES string of the molecule is CN(C)S(=O)(=O)c1ccc(N=C2NN(C3(CC#N)CCN(C(=O)OC4CCOC4)CC3)C3=CC=NC(=O)C32)cc1. The van der Waals surface area contributed by atoms with Crippen molar-refractivity contribution in [3.05, 3.63) is 36.0 Å². The number of piperidine rings is 1. The molecule has 2 unspecified atom stereocenters. The summed E-state index contributed by atoms with van der Waals surface area (Å²) in [5.74, 6) is -0.863. The van der Waals surface area contributed by atoms with E-state index in [9.17, 15) is 23.3 Å². The molecule has 0 aliphatic carbocycles. The predicted octanol–water partition coefficient (Wildman–Crippen LogP) is 1.57. The summed E-state index contributed by atoms with van der Waals surface area (Å²) < 4.78 is 36.8. The molecule has 0 saturated carbocycles. The van der Waals surface area contributed by atoms with Crippen LogP contribution in [0.1, 0.15) is 25.7 Å². The standard InChI is InChI=1S/C26H31N7O6S/c1-31(2)40(36,37)20-5-3-18(4-6-20)29-23-22-21(7-13-28-24(22)34)33(30-23)26(9-12-27)10-14-32(15-11-26)25(35)39-19-8-16-38-17-19/h3-7,13,19,22H,8-11,14-17H2,1-2H3,(H,29,30). The normalized spacial score (nSPS) is 25.0. The topological polar surface area (TPSA) is 157 Å². The number of hydrogen-bond acceptors (Lipinski definition) is 9. The number of benzene rings is 1. The number of dihydropyridines is 1. The Morgan fingerprint density at radius 3 is 2.65 bits per heavy atom. The van der Waals surface area contributed by atoms with Gasteiger partial charge in [-0.3, -0.25) is 15.2 Å². The number of allylic oxidation sites excluding steroid dienone is 1. The number of fused-ring (bicyclic) bond motifs is 1. The van der Waals surface area contributed by atoms with E-state index in [2.05, 4.69) is 21.5 Å². The number of likely N-dealkylation sites (tertiary alicyclic amines) is 1. The highest BCUT2D eigenvalue weighted by molar-refractivity contribution is 7.89. The Bertz CT molecular complexity index is 1400. The first kappa shape index (κ1) is 27.8. The molecule has 13 nitrogen and oxygen atoms in total. The molecule has 3 saturated heterocycles. The first-order valence-corrected chi connectivity index (χ1v) is 14.4. The molecule has 4 heterocycles. The van der Waals surface area contributed by atoms with E-state index < -0.39 is 33.5 Å². The van der Waals surface area contributed by atoms with Gasteiger partial charge in [0.05, 0.1) is 47.5 Å². The molecule has 14 heteroatoms. The number of ether oxygens (including phenoxy) is 2. The molecule has 2 amide bonds. The number of nitrogens with zero attached hydrogens (tertiary/aromatic N) is 6. The summed E-state index contributed by atoms with van der Waals surface area (Å²) in [6.45, 7) is 1.73. The number of hydrazine groups is 1. The Balaban J connectivity index is 1.38. The number of nitriles is 1. The van der Waals surface area contributed by atoms with E-state index >= 15 is 0 Å².